The molecule has 1 aromatic heterocycles. The molecule has 5 aromatic rings. The van der Waals surface area contributed by atoms with E-state index in [0.29, 0.717) is 0 Å². The summed E-state index contributed by atoms with van der Waals surface area (Å²) < 4.78 is 1.23. The molecule has 0 spiro atoms. The lowest BCUT2D eigenvalue weighted by atomic mass is 9.95. The van der Waals surface area contributed by atoms with Crippen LogP contribution in [0.4, 0.5) is 0 Å². The fraction of sp³-hybridized carbons (Fsp3) is 0.0741. The van der Waals surface area contributed by atoms with Crippen molar-refractivity contribution in [1.82, 2.24) is 4.98 Å². The Kier molecular flexibility index (Phi) is 4.49. The number of hydrogen-bond donors (Lipinski definition) is 0. The third-order valence-corrected chi connectivity index (χ3v) is 6.28. The normalized spacial score (nSPS) is 11.1. The minimum absolute atomic E-state index is 1.06. The van der Waals surface area contributed by atoms with E-state index in [1.165, 1.54) is 43.6 Å². The van der Waals surface area contributed by atoms with Crippen LogP contribution in [0.3, 0.4) is 0 Å². The zero-order chi connectivity index (χ0) is 19.8. The van der Waals surface area contributed by atoms with Gasteiger partial charge in [-0.3, -0.25) is 0 Å². The first-order chi connectivity index (χ1) is 14.2. The van der Waals surface area contributed by atoms with Gasteiger partial charge >= 0.3 is 0 Å². The van der Waals surface area contributed by atoms with Gasteiger partial charge in [0, 0.05) is 5.56 Å². The number of aromatic nitrogens is 1. The van der Waals surface area contributed by atoms with Gasteiger partial charge in [-0.2, -0.15) is 0 Å². The molecule has 0 atom stereocenters. The Hall–Kier alpha value is -3.23. The molecule has 0 aliphatic carbocycles. The minimum Gasteiger partial charge on any atom is -0.236 e. The summed E-state index contributed by atoms with van der Waals surface area (Å²) >= 11 is 1.75. The van der Waals surface area contributed by atoms with Gasteiger partial charge in [0.15, 0.2) is 0 Å². The van der Waals surface area contributed by atoms with E-state index in [1.54, 1.807) is 11.3 Å². The molecule has 0 radical (unpaired) electrons. The molecule has 0 N–H and O–H groups in total. The molecule has 0 aliphatic heterocycles. The number of rotatable bonds is 3. The Morgan fingerprint density at radius 2 is 1.24 bits per heavy atom. The van der Waals surface area contributed by atoms with Gasteiger partial charge in [-0.15, -0.1) is 11.3 Å². The van der Waals surface area contributed by atoms with Gasteiger partial charge in [0.2, 0.25) is 0 Å². The van der Waals surface area contributed by atoms with Crippen LogP contribution in [-0.2, 0) is 0 Å². The number of aryl methyl sites for hydroxylation is 2. The lowest BCUT2D eigenvalue weighted by molar-refractivity contribution is 1.44. The maximum atomic E-state index is 4.83. The Morgan fingerprint density at radius 1 is 0.552 bits per heavy atom. The molecule has 0 amide bonds. The number of hydrogen-bond acceptors (Lipinski definition) is 2. The van der Waals surface area contributed by atoms with Crippen molar-refractivity contribution in [2.24, 2.45) is 0 Å². The third kappa shape index (κ3) is 3.59. The van der Waals surface area contributed by atoms with Gasteiger partial charge in [-0.1, -0.05) is 72.3 Å². The Bertz CT molecular complexity index is 1280. The molecule has 5 rings (SSSR count). The zero-order valence-corrected chi connectivity index (χ0v) is 17.3. The van der Waals surface area contributed by atoms with Gasteiger partial charge < -0.3 is 0 Å². The van der Waals surface area contributed by atoms with E-state index in [-0.39, 0.29) is 0 Å². The summed E-state index contributed by atoms with van der Waals surface area (Å²) in [6.45, 7) is 4.29. The Balaban J connectivity index is 1.57. The molecule has 0 aliphatic rings. The second-order valence-electron chi connectivity index (χ2n) is 7.52. The van der Waals surface area contributed by atoms with Crippen molar-refractivity contribution in [3.05, 3.63) is 102 Å². The Labute approximate surface area is 175 Å². The summed E-state index contributed by atoms with van der Waals surface area (Å²) in [5.74, 6) is 0. The van der Waals surface area contributed by atoms with Crippen LogP contribution in [0, 0.1) is 13.8 Å². The van der Waals surface area contributed by atoms with E-state index in [2.05, 4.69) is 98.8 Å². The van der Waals surface area contributed by atoms with Gasteiger partial charge in [-0.25, -0.2) is 4.98 Å². The van der Waals surface area contributed by atoms with Gasteiger partial charge in [-0.05, 0) is 65.9 Å². The van der Waals surface area contributed by atoms with Crippen LogP contribution < -0.4 is 0 Å². The second-order valence-corrected chi connectivity index (χ2v) is 8.55. The number of benzene rings is 4. The van der Waals surface area contributed by atoms with Crippen molar-refractivity contribution in [1.29, 1.82) is 0 Å². The molecule has 1 heterocycles. The molecule has 0 unspecified atom stereocenters. The van der Waals surface area contributed by atoms with E-state index in [9.17, 15) is 0 Å². The first-order valence-corrected chi connectivity index (χ1v) is 10.6. The molecular weight excluding hydrogens is 370 g/mol. The summed E-state index contributed by atoms with van der Waals surface area (Å²) in [7, 11) is 0. The van der Waals surface area contributed by atoms with Crippen LogP contribution in [0.15, 0.2) is 91.0 Å². The molecule has 140 valence electrons. The monoisotopic (exact) mass is 391 g/mol. The average molecular weight is 392 g/mol. The lowest BCUT2D eigenvalue weighted by Gasteiger charge is -2.10. The van der Waals surface area contributed by atoms with Crippen LogP contribution in [0.25, 0.3) is 43.0 Å². The summed E-state index contributed by atoms with van der Waals surface area (Å²) in [6.07, 6.45) is 0. The fourth-order valence-corrected chi connectivity index (χ4v) is 4.65. The van der Waals surface area contributed by atoms with E-state index in [0.717, 1.165) is 10.5 Å². The molecule has 1 nitrogen and oxygen atoms in total. The molecule has 4 aromatic carbocycles. The molecule has 29 heavy (non-hydrogen) atoms. The predicted molar refractivity (Wildman–Crippen MR) is 125 cm³/mol. The quantitative estimate of drug-likeness (QED) is 0.304. The van der Waals surface area contributed by atoms with Crippen molar-refractivity contribution in [3.63, 3.8) is 0 Å². The fourth-order valence-electron chi connectivity index (χ4n) is 3.69. The van der Waals surface area contributed by atoms with E-state index >= 15 is 0 Å². The zero-order valence-electron chi connectivity index (χ0n) is 16.5. The first kappa shape index (κ1) is 17.8. The third-order valence-electron chi connectivity index (χ3n) is 5.20. The molecule has 0 bridgehead atoms. The van der Waals surface area contributed by atoms with Crippen molar-refractivity contribution < 1.29 is 0 Å². The molecule has 2 heteroatoms. The highest BCUT2D eigenvalue weighted by atomic mass is 32.1. The largest absolute Gasteiger partial charge is 0.236 e. The number of nitrogens with zero attached hydrogens (tertiary/aromatic N) is 1. The molecular formula is C27H21NS. The van der Waals surface area contributed by atoms with Crippen molar-refractivity contribution in [2.75, 3.05) is 0 Å². The van der Waals surface area contributed by atoms with Crippen LogP contribution in [-0.4, -0.2) is 4.98 Å². The van der Waals surface area contributed by atoms with E-state index in [1.807, 2.05) is 6.07 Å². The van der Waals surface area contributed by atoms with Crippen molar-refractivity contribution in [2.45, 2.75) is 13.8 Å². The Morgan fingerprint density at radius 3 is 2.03 bits per heavy atom. The van der Waals surface area contributed by atoms with Gasteiger partial charge in [0.05, 0.1) is 10.2 Å². The number of para-hydroxylation sites is 1. The number of thiazole rings is 1. The highest BCUT2D eigenvalue weighted by Gasteiger charge is 2.09. The van der Waals surface area contributed by atoms with Crippen LogP contribution in [0.5, 0.6) is 0 Å². The SMILES string of the molecule is Cc1ccc(-c2cc(C)cc(-c3cccc(-c4nc5ccccc5s4)c3)c2)cc1. The maximum Gasteiger partial charge on any atom is 0.124 e. The summed E-state index contributed by atoms with van der Waals surface area (Å²) in [5, 5.41) is 1.07. The first-order valence-electron chi connectivity index (χ1n) is 9.81. The van der Waals surface area contributed by atoms with Gasteiger partial charge in [0.1, 0.15) is 5.01 Å². The standard InChI is InChI=1S/C27H21NS/c1-18-10-12-20(13-11-18)23-14-19(2)15-24(17-23)21-6-5-7-22(16-21)27-28-25-8-3-4-9-26(25)29-27/h3-17H,1-2H3. The van der Waals surface area contributed by atoms with Crippen molar-refractivity contribution in [3.8, 4) is 32.8 Å². The van der Waals surface area contributed by atoms with Crippen LogP contribution in [0.2, 0.25) is 0 Å². The predicted octanol–water partition coefficient (Wildman–Crippen LogP) is 7.91. The highest BCUT2D eigenvalue weighted by Crippen LogP contribution is 2.34. The van der Waals surface area contributed by atoms with Gasteiger partial charge in [0.25, 0.3) is 0 Å². The highest BCUT2D eigenvalue weighted by molar-refractivity contribution is 7.21. The van der Waals surface area contributed by atoms with Crippen LogP contribution in [0.1, 0.15) is 11.1 Å². The van der Waals surface area contributed by atoms with E-state index in [4.69, 9.17) is 4.98 Å². The smallest absolute Gasteiger partial charge is 0.124 e. The topological polar surface area (TPSA) is 12.9 Å². The maximum absolute atomic E-state index is 4.83. The molecule has 0 saturated carbocycles. The number of fused-ring (bicyclic) bond motifs is 1. The molecule has 0 saturated heterocycles. The average Bonchev–Trinajstić information content (AvgIpc) is 3.18. The summed E-state index contributed by atoms with van der Waals surface area (Å²) in [4.78, 5) is 4.83. The summed E-state index contributed by atoms with van der Waals surface area (Å²) in [6, 6.07) is 32.6. The van der Waals surface area contributed by atoms with E-state index < -0.39 is 0 Å². The molecule has 0 fully saturated rings. The second kappa shape index (κ2) is 7.31. The summed E-state index contributed by atoms with van der Waals surface area (Å²) in [5.41, 5.74) is 9.75. The van der Waals surface area contributed by atoms with Crippen LogP contribution >= 0.6 is 11.3 Å². The minimum atomic E-state index is 1.06. The van der Waals surface area contributed by atoms with Crippen molar-refractivity contribution >= 4 is 21.6 Å². The lowest BCUT2D eigenvalue weighted by Crippen LogP contribution is -1.86.